The van der Waals surface area contributed by atoms with E-state index < -0.39 is 0 Å². The second-order valence-electron chi connectivity index (χ2n) is 5.93. The highest BCUT2D eigenvalue weighted by molar-refractivity contribution is 6.33. The minimum Gasteiger partial charge on any atom is -0.277 e. The molecule has 3 aromatic carbocycles. The Kier molecular flexibility index (Phi) is 4.99. The van der Waals surface area contributed by atoms with Crippen LogP contribution < -0.4 is 5.43 Å². The number of aromatic nitrogens is 2. The van der Waals surface area contributed by atoms with Crippen LogP contribution in [0.2, 0.25) is 5.02 Å². The zero-order valence-corrected chi connectivity index (χ0v) is 15.2. The summed E-state index contributed by atoms with van der Waals surface area (Å²) in [7, 11) is 0. The molecule has 1 aromatic heterocycles. The number of hydrogen-bond acceptors (Lipinski definition) is 3. The molecule has 0 aliphatic heterocycles. The molecule has 5 heteroatoms. The largest absolute Gasteiger partial charge is 0.277 e. The van der Waals surface area contributed by atoms with Gasteiger partial charge in [-0.2, -0.15) is 10.2 Å². The van der Waals surface area contributed by atoms with Gasteiger partial charge in [-0.15, -0.1) is 0 Å². The first-order chi connectivity index (χ1) is 13.3. The number of para-hydroxylation sites is 2. The average molecular weight is 373 g/mol. The van der Waals surface area contributed by atoms with Gasteiger partial charge in [0.1, 0.15) is 5.69 Å². The maximum Gasteiger partial charge on any atom is 0.102 e. The Morgan fingerprint density at radius 3 is 2.26 bits per heavy atom. The normalized spacial score (nSPS) is 11.0. The lowest BCUT2D eigenvalue weighted by atomic mass is 10.1. The van der Waals surface area contributed by atoms with Crippen LogP contribution >= 0.6 is 11.6 Å². The maximum absolute atomic E-state index is 6.16. The summed E-state index contributed by atoms with van der Waals surface area (Å²) in [5, 5.41) is 9.74. The molecule has 0 atom stereocenters. The fraction of sp³-hybridized carbons (Fsp3) is 0. The molecule has 0 amide bonds. The van der Waals surface area contributed by atoms with Crippen molar-refractivity contribution in [3.05, 3.63) is 102 Å². The second-order valence-corrected chi connectivity index (χ2v) is 6.34. The Morgan fingerprint density at radius 1 is 0.852 bits per heavy atom. The molecule has 0 fully saturated rings. The molecule has 132 valence electrons. The zero-order chi connectivity index (χ0) is 18.5. The lowest BCUT2D eigenvalue weighted by Crippen LogP contribution is -1.93. The Hall–Kier alpha value is -3.37. The number of anilines is 1. The smallest absolute Gasteiger partial charge is 0.102 e. The highest BCUT2D eigenvalue weighted by Gasteiger charge is 2.10. The van der Waals surface area contributed by atoms with E-state index in [0.717, 1.165) is 28.2 Å². The third kappa shape index (κ3) is 3.91. The average Bonchev–Trinajstić information content (AvgIpc) is 3.15. The van der Waals surface area contributed by atoms with Crippen LogP contribution in [0, 0.1) is 0 Å². The Morgan fingerprint density at radius 2 is 1.52 bits per heavy atom. The molecule has 1 N–H and O–H groups in total. The summed E-state index contributed by atoms with van der Waals surface area (Å²) in [5.74, 6) is 0. The Labute approximate surface area is 162 Å². The highest BCUT2D eigenvalue weighted by Crippen LogP contribution is 2.23. The van der Waals surface area contributed by atoms with Crippen molar-refractivity contribution < 1.29 is 0 Å². The molecule has 27 heavy (non-hydrogen) atoms. The predicted octanol–water partition coefficient (Wildman–Crippen LogP) is 5.64. The molecule has 0 spiro atoms. The molecule has 0 saturated heterocycles. The molecule has 0 aliphatic rings. The second kappa shape index (κ2) is 7.89. The lowest BCUT2D eigenvalue weighted by Gasteiger charge is -2.02. The number of benzene rings is 3. The van der Waals surface area contributed by atoms with Crippen molar-refractivity contribution in [1.29, 1.82) is 0 Å². The number of halogens is 1. The van der Waals surface area contributed by atoms with Crippen molar-refractivity contribution in [2.24, 2.45) is 5.10 Å². The fourth-order valence-corrected chi connectivity index (χ4v) is 2.92. The lowest BCUT2D eigenvalue weighted by molar-refractivity contribution is 0.884. The van der Waals surface area contributed by atoms with Gasteiger partial charge in [-0.1, -0.05) is 72.3 Å². The third-order valence-corrected chi connectivity index (χ3v) is 4.40. The topological polar surface area (TPSA) is 42.2 Å². The molecule has 4 nitrogen and oxygen atoms in total. The van der Waals surface area contributed by atoms with Crippen LogP contribution in [0.3, 0.4) is 0 Å². The Balaban J connectivity index is 1.69. The molecule has 0 unspecified atom stereocenters. The summed E-state index contributed by atoms with van der Waals surface area (Å²) in [4.78, 5) is 0. The maximum atomic E-state index is 6.16. The molecule has 0 aliphatic carbocycles. The summed E-state index contributed by atoms with van der Waals surface area (Å²) >= 11 is 6.16. The number of rotatable bonds is 5. The molecular weight excluding hydrogens is 356 g/mol. The number of hydrogen-bond donors (Lipinski definition) is 1. The van der Waals surface area contributed by atoms with Crippen molar-refractivity contribution in [2.45, 2.75) is 0 Å². The van der Waals surface area contributed by atoms with E-state index in [9.17, 15) is 0 Å². The van der Waals surface area contributed by atoms with Gasteiger partial charge in [0.15, 0.2) is 0 Å². The van der Waals surface area contributed by atoms with Gasteiger partial charge in [0.05, 0.1) is 22.6 Å². The molecule has 1 heterocycles. The van der Waals surface area contributed by atoms with Crippen LogP contribution in [0.4, 0.5) is 5.69 Å². The molecule has 0 radical (unpaired) electrons. The minimum atomic E-state index is 0.623. The van der Waals surface area contributed by atoms with Crippen molar-refractivity contribution in [1.82, 2.24) is 9.78 Å². The van der Waals surface area contributed by atoms with Crippen molar-refractivity contribution in [3.8, 4) is 16.9 Å². The third-order valence-electron chi connectivity index (χ3n) is 4.07. The minimum absolute atomic E-state index is 0.623. The monoisotopic (exact) mass is 372 g/mol. The molecule has 0 bridgehead atoms. The van der Waals surface area contributed by atoms with Crippen LogP contribution in [0.1, 0.15) is 5.56 Å². The first-order valence-electron chi connectivity index (χ1n) is 8.55. The van der Waals surface area contributed by atoms with Crippen LogP contribution in [0.15, 0.2) is 96.2 Å². The zero-order valence-electron chi connectivity index (χ0n) is 14.5. The van der Waals surface area contributed by atoms with Crippen LogP contribution in [-0.2, 0) is 0 Å². The van der Waals surface area contributed by atoms with E-state index in [1.807, 2.05) is 95.8 Å². The summed E-state index contributed by atoms with van der Waals surface area (Å²) in [6.45, 7) is 0. The molecular formula is C22H17ClN4. The van der Waals surface area contributed by atoms with E-state index in [-0.39, 0.29) is 0 Å². The van der Waals surface area contributed by atoms with Gasteiger partial charge in [-0.25, -0.2) is 4.68 Å². The molecule has 0 saturated carbocycles. The van der Waals surface area contributed by atoms with Crippen molar-refractivity contribution in [2.75, 3.05) is 5.43 Å². The molecule has 4 rings (SSSR count). The van der Waals surface area contributed by atoms with Crippen molar-refractivity contribution in [3.63, 3.8) is 0 Å². The quantitative estimate of drug-likeness (QED) is 0.364. The first kappa shape index (κ1) is 17.1. The predicted molar refractivity (Wildman–Crippen MR) is 112 cm³/mol. The molecule has 4 aromatic rings. The van der Waals surface area contributed by atoms with Gasteiger partial charge in [0, 0.05) is 17.3 Å². The number of nitrogens with zero attached hydrogens (tertiary/aromatic N) is 3. The van der Waals surface area contributed by atoms with Crippen molar-refractivity contribution >= 4 is 23.5 Å². The summed E-state index contributed by atoms with van der Waals surface area (Å²) in [5.41, 5.74) is 7.55. The van der Waals surface area contributed by atoms with E-state index in [1.165, 1.54) is 0 Å². The van der Waals surface area contributed by atoms with Crippen LogP contribution in [-0.4, -0.2) is 16.0 Å². The highest BCUT2D eigenvalue weighted by atomic mass is 35.5. The summed E-state index contributed by atoms with van der Waals surface area (Å²) in [6.07, 6.45) is 3.73. The number of hydrazone groups is 1. The van der Waals surface area contributed by atoms with Gasteiger partial charge in [-0.05, 0) is 24.3 Å². The van der Waals surface area contributed by atoms with E-state index in [0.29, 0.717) is 5.02 Å². The number of nitrogens with one attached hydrogen (secondary N) is 1. The van der Waals surface area contributed by atoms with Gasteiger partial charge < -0.3 is 0 Å². The first-order valence-corrected chi connectivity index (χ1v) is 8.93. The Bertz CT molecular complexity index is 1060. The van der Waals surface area contributed by atoms with Gasteiger partial charge in [-0.3, -0.25) is 5.43 Å². The van der Waals surface area contributed by atoms with E-state index >= 15 is 0 Å². The standard InChI is InChI=1S/C22H17ClN4/c23-20-13-7-8-14-21(20)25-24-15-18-16-27(19-11-5-2-6-12-19)26-22(18)17-9-3-1-4-10-17/h1-16,25H/b24-15+. The SMILES string of the molecule is Clc1ccccc1N/N=C/c1cn(-c2ccccc2)nc1-c1ccccc1. The van der Waals surface area contributed by atoms with E-state index in [2.05, 4.69) is 10.5 Å². The van der Waals surface area contributed by atoms with Gasteiger partial charge in [0.2, 0.25) is 0 Å². The van der Waals surface area contributed by atoms with E-state index in [4.69, 9.17) is 16.7 Å². The van der Waals surface area contributed by atoms with Crippen LogP contribution in [0.25, 0.3) is 16.9 Å². The van der Waals surface area contributed by atoms with Gasteiger partial charge >= 0.3 is 0 Å². The summed E-state index contributed by atoms with van der Waals surface area (Å²) < 4.78 is 1.86. The summed E-state index contributed by atoms with van der Waals surface area (Å²) in [6, 6.07) is 27.6. The fourth-order valence-electron chi connectivity index (χ4n) is 2.74. The van der Waals surface area contributed by atoms with Gasteiger partial charge in [0.25, 0.3) is 0 Å². The van der Waals surface area contributed by atoms with E-state index in [1.54, 1.807) is 6.21 Å². The van der Waals surface area contributed by atoms with Crippen LogP contribution in [0.5, 0.6) is 0 Å².